The summed E-state index contributed by atoms with van der Waals surface area (Å²) in [4.78, 5) is 7.66. The Labute approximate surface area is 95.6 Å². The fourth-order valence-electron chi connectivity index (χ4n) is 1.53. The Morgan fingerprint density at radius 2 is 2.25 bits per heavy atom. The van der Waals surface area contributed by atoms with Crippen molar-refractivity contribution >= 4 is 17.0 Å². The molecule has 0 aliphatic heterocycles. The maximum atomic E-state index is 4.44. The number of nitrogens with one attached hydrogen (secondary N) is 2. The number of anilines is 1. The number of hydrogen-bond acceptors (Lipinski definition) is 2. The molecule has 1 aromatic carbocycles. The summed E-state index contributed by atoms with van der Waals surface area (Å²) >= 11 is 0. The number of hydrogen-bond donors (Lipinski definition) is 2. The summed E-state index contributed by atoms with van der Waals surface area (Å²) < 4.78 is 0. The lowest BCUT2D eigenvalue weighted by atomic mass is 10.1. The van der Waals surface area contributed by atoms with Gasteiger partial charge in [-0.25, -0.2) is 4.98 Å². The average molecular weight is 215 g/mol. The Bertz CT molecular complexity index is 466. The first-order valence-corrected chi connectivity index (χ1v) is 5.61. The number of allylic oxidation sites excluding steroid dienone is 1. The van der Waals surface area contributed by atoms with Crippen molar-refractivity contribution in [1.82, 2.24) is 9.97 Å². The van der Waals surface area contributed by atoms with Gasteiger partial charge in [-0.15, -0.1) is 0 Å². The number of para-hydroxylation sites is 2. The normalized spacial score (nSPS) is 12.6. The van der Waals surface area contributed by atoms with E-state index in [0.29, 0.717) is 5.92 Å². The third-order valence-electron chi connectivity index (χ3n) is 2.88. The van der Waals surface area contributed by atoms with Gasteiger partial charge in [0.05, 0.1) is 11.0 Å². The Hall–Kier alpha value is -1.77. The van der Waals surface area contributed by atoms with Gasteiger partial charge in [0.1, 0.15) is 0 Å². The van der Waals surface area contributed by atoms with Crippen LogP contribution >= 0.6 is 0 Å². The number of imidazole rings is 1. The van der Waals surface area contributed by atoms with E-state index in [9.17, 15) is 0 Å². The largest absolute Gasteiger partial charge is 0.330 e. The Morgan fingerprint density at radius 1 is 1.50 bits per heavy atom. The fourth-order valence-corrected chi connectivity index (χ4v) is 1.53. The van der Waals surface area contributed by atoms with Crippen LogP contribution in [-0.4, -0.2) is 9.97 Å². The summed E-state index contributed by atoms with van der Waals surface area (Å²) in [5.41, 5.74) is 3.02. The van der Waals surface area contributed by atoms with Crippen LogP contribution in [0.4, 0.5) is 5.95 Å². The molecule has 3 heteroatoms. The zero-order valence-electron chi connectivity index (χ0n) is 9.75. The second-order valence-electron chi connectivity index (χ2n) is 4.06. The van der Waals surface area contributed by atoms with Crippen molar-refractivity contribution in [1.29, 1.82) is 0 Å². The third-order valence-corrected chi connectivity index (χ3v) is 2.88. The van der Waals surface area contributed by atoms with Gasteiger partial charge in [0.2, 0.25) is 5.95 Å². The molecule has 16 heavy (non-hydrogen) atoms. The molecule has 1 atom stereocenters. The molecule has 84 valence electrons. The minimum atomic E-state index is 0.452. The maximum absolute atomic E-state index is 4.44. The van der Waals surface area contributed by atoms with Crippen LogP contribution in [0.15, 0.2) is 36.5 Å². The van der Waals surface area contributed by atoms with Gasteiger partial charge in [-0.2, -0.15) is 0 Å². The topological polar surface area (TPSA) is 40.7 Å². The minimum Gasteiger partial charge on any atom is -0.330 e. The van der Waals surface area contributed by atoms with Crippen LogP contribution < -0.4 is 5.32 Å². The maximum Gasteiger partial charge on any atom is 0.205 e. The van der Waals surface area contributed by atoms with Gasteiger partial charge < -0.3 is 10.3 Å². The molecular formula is C13H17N3. The molecule has 0 saturated carbocycles. The highest BCUT2D eigenvalue weighted by atomic mass is 15.1. The molecule has 0 amide bonds. The van der Waals surface area contributed by atoms with Gasteiger partial charge in [-0.1, -0.05) is 32.6 Å². The van der Waals surface area contributed by atoms with Crippen LogP contribution in [0.5, 0.6) is 0 Å². The van der Waals surface area contributed by atoms with Crippen molar-refractivity contribution in [3.8, 4) is 0 Å². The molecule has 0 radical (unpaired) electrons. The van der Waals surface area contributed by atoms with Crippen LogP contribution in [0, 0.1) is 5.92 Å². The molecule has 1 unspecified atom stereocenters. The van der Waals surface area contributed by atoms with Crippen molar-refractivity contribution < 1.29 is 0 Å². The first-order valence-electron chi connectivity index (χ1n) is 5.61. The summed E-state index contributed by atoms with van der Waals surface area (Å²) in [7, 11) is 0. The van der Waals surface area contributed by atoms with Gasteiger partial charge in [0.15, 0.2) is 0 Å². The molecule has 0 spiro atoms. The van der Waals surface area contributed by atoms with Gasteiger partial charge in [-0.3, -0.25) is 0 Å². The molecule has 0 saturated heterocycles. The standard InChI is InChI=1S/C13H17N3/c1-4-9(2)10(3)14-13-15-11-7-5-6-8-12(11)16-13/h5-9H,3-4H2,1-2H3,(H2,14,15,16). The first kappa shape index (κ1) is 10.7. The van der Waals surface area contributed by atoms with E-state index < -0.39 is 0 Å². The highest BCUT2D eigenvalue weighted by molar-refractivity contribution is 5.77. The lowest BCUT2D eigenvalue weighted by molar-refractivity contribution is 0.660. The molecule has 2 rings (SSSR count). The number of nitrogens with zero attached hydrogens (tertiary/aromatic N) is 1. The van der Waals surface area contributed by atoms with E-state index in [1.54, 1.807) is 0 Å². The van der Waals surface area contributed by atoms with E-state index in [1.165, 1.54) is 0 Å². The summed E-state index contributed by atoms with van der Waals surface area (Å²) in [5, 5.41) is 3.22. The predicted octanol–water partition coefficient (Wildman–Crippen LogP) is 3.53. The molecule has 1 aromatic heterocycles. The lowest BCUT2D eigenvalue weighted by Crippen LogP contribution is -2.07. The Morgan fingerprint density at radius 3 is 2.94 bits per heavy atom. The Kier molecular flexibility index (Phi) is 2.95. The van der Waals surface area contributed by atoms with Gasteiger partial charge in [-0.05, 0) is 24.5 Å². The van der Waals surface area contributed by atoms with Crippen molar-refractivity contribution in [2.75, 3.05) is 5.32 Å². The fraction of sp³-hybridized carbons (Fsp3) is 0.308. The number of aromatic nitrogens is 2. The first-order chi connectivity index (χ1) is 7.70. The van der Waals surface area contributed by atoms with Crippen LogP contribution in [-0.2, 0) is 0 Å². The Balaban J connectivity index is 2.18. The molecule has 3 nitrogen and oxygen atoms in total. The van der Waals surface area contributed by atoms with Crippen LogP contribution in [0.3, 0.4) is 0 Å². The van der Waals surface area contributed by atoms with Crippen LogP contribution in [0.25, 0.3) is 11.0 Å². The van der Waals surface area contributed by atoms with Gasteiger partial charge >= 0.3 is 0 Å². The monoisotopic (exact) mass is 215 g/mol. The quantitative estimate of drug-likeness (QED) is 0.819. The zero-order valence-corrected chi connectivity index (χ0v) is 9.75. The van der Waals surface area contributed by atoms with Crippen molar-refractivity contribution in [3.63, 3.8) is 0 Å². The number of benzene rings is 1. The minimum absolute atomic E-state index is 0.452. The van der Waals surface area contributed by atoms with E-state index >= 15 is 0 Å². The van der Waals surface area contributed by atoms with Crippen molar-refractivity contribution in [2.24, 2.45) is 5.92 Å². The smallest absolute Gasteiger partial charge is 0.205 e. The summed E-state index contributed by atoms with van der Waals surface area (Å²) in [6, 6.07) is 7.98. The number of H-pyrrole nitrogens is 1. The number of aromatic amines is 1. The molecule has 0 bridgehead atoms. The van der Waals surface area contributed by atoms with Crippen LogP contribution in [0.2, 0.25) is 0 Å². The highest BCUT2D eigenvalue weighted by Gasteiger charge is 2.06. The number of fused-ring (bicyclic) bond motifs is 1. The SMILES string of the molecule is C=C(Nc1nc2ccccc2[nH]1)C(C)CC. The van der Waals surface area contributed by atoms with E-state index in [1.807, 2.05) is 24.3 Å². The zero-order chi connectivity index (χ0) is 11.5. The second kappa shape index (κ2) is 4.39. The summed E-state index contributed by atoms with van der Waals surface area (Å²) in [6.45, 7) is 8.32. The van der Waals surface area contributed by atoms with E-state index in [2.05, 4.69) is 35.7 Å². The van der Waals surface area contributed by atoms with Crippen molar-refractivity contribution in [3.05, 3.63) is 36.5 Å². The van der Waals surface area contributed by atoms with Crippen LogP contribution in [0.1, 0.15) is 20.3 Å². The molecule has 1 heterocycles. The van der Waals surface area contributed by atoms with Crippen molar-refractivity contribution in [2.45, 2.75) is 20.3 Å². The van der Waals surface area contributed by atoms with E-state index in [0.717, 1.165) is 29.1 Å². The van der Waals surface area contributed by atoms with E-state index in [4.69, 9.17) is 0 Å². The molecule has 0 fully saturated rings. The second-order valence-corrected chi connectivity index (χ2v) is 4.06. The number of rotatable bonds is 4. The lowest BCUT2D eigenvalue weighted by Gasteiger charge is -2.12. The molecule has 2 N–H and O–H groups in total. The third kappa shape index (κ3) is 2.08. The highest BCUT2D eigenvalue weighted by Crippen LogP contribution is 2.17. The summed E-state index contributed by atoms with van der Waals surface area (Å²) in [5.74, 6) is 1.22. The summed E-state index contributed by atoms with van der Waals surface area (Å²) in [6.07, 6.45) is 1.08. The molecular weight excluding hydrogens is 198 g/mol. The average Bonchev–Trinajstić information content (AvgIpc) is 2.69. The van der Waals surface area contributed by atoms with Gasteiger partial charge in [0, 0.05) is 5.70 Å². The predicted molar refractivity (Wildman–Crippen MR) is 68.3 cm³/mol. The van der Waals surface area contributed by atoms with Gasteiger partial charge in [0.25, 0.3) is 0 Å². The molecule has 0 aliphatic carbocycles. The van der Waals surface area contributed by atoms with E-state index in [-0.39, 0.29) is 0 Å². The molecule has 2 aromatic rings. The molecule has 0 aliphatic rings.